The van der Waals surface area contributed by atoms with Crippen molar-refractivity contribution in [1.29, 1.82) is 0 Å². The average molecular weight is 204 g/mol. The van der Waals surface area contributed by atoms with Crippen molar-refractivity contribution in [1.82, 2.24) is 5.01 Å². The van der Waals surface area contributed by atoms with Gasteiger partial charge in [0.05, 0.1) is 5.29 Å². The fraction of sp³-hybridized carbons (Fsp3) is 0.833. The van der Waals surface area contributed by atoms with Crippen LogP contribution in [0.15, 0.2) is 10.4 Å². The summed E-state index contributed by atoms with van der Waals surface area (Å²) in [6.45, 7) is 2.28. The third-order valence-corrected chi connectivity index (χ3v) is 1.52. The van der Waals surface area contributed by atoms with Crippen LogP contribution in [-0.4, -0.2) is 27.8 Å². The minimum absolute atomic E-state index is 0.278. The number of guanidine groups is 1. The summed E-state index contributed by atoms with van der Waals surface area (Å²) in [4.78, 5) is 20.3. The molecule has 0 heterocycles. The van der Waals surface area contributed by atoms with Gasteiger partial charge in [-0.05, 0) is 6.42 Å². The zero-order valence-electron chi connectivity index (χ0n) is 7.96. The molecule has 0 saturated carbocycles. The summed E-state index contributed by atoms with van der Waals surface area (Å²) in [6, 6.07) is 0. The van der Waals surface area contributed by atoms with E-state index < -0.39 is 11.0 Å². The van der Waals surface area contributed by atoms with Gasteiger partial charge in [-0.25, -0.2) is 5.21 Å². The van der Waals surface area contributed by atoms with Gasteiger partial charge in [0.2, 0.25) is 0 Å². The Morgan fingerprint density at radius 2 is 2.21 bits per heavy atom. The zero-order valence-corrected chi connectivity index (χ0v) is 7.96. The van der Waals surface area contributed by atoms with Crippen LogP contribution in [0, 0.1) is 9.81 Å². The van der Waals surface area contributed by atoms with E-state index >= 15 is 0 Å². The van der Waals surface area contributed by atoms with Gasteiger partial charge in [-0.3, -0.25) is 0 Å². The highest BCUT2D eigenvalue weighted by Gasteiger charge is 2.13. The highest BCUT2D eigenvalue weighted by atomic mass is 16.7. The predicted molar refractivity (Wildman–Crippen MR) is 49.1 cm³/mol. The summed E-state index contributed by atoms with van der Waals surface area (Å²) in [5, 5.41) is 13.7. The first kappa shape index (κ1) is 12.3. The molecule has 0 saturated heterocycles. The fourth-order valence-electron chi connectivity index (χ4n) is 0.848. The highest BCUT2D eigenvalue weighted by Crippen LogP contribution is 1.98. The quantitative estimate of drug-likeness (QED) is 0.216. The number of hydrogen-bond donors (Lipinski definition) is 2. The van der Waals surface area contributed by atoms with E-state index in [1.54, 1.807) is 0 Å². The van der Waals surface area contributed by atoms with Crippen LogP contribution in [0.1, 0.15) is 26.2 Å². The van der Waals surface area contributed by atoms with Crippen molar-refractivity contribution in [2.24, 2.45) is 16.1 Å². The number of hydrogen-bond acceptors (Lipinski definition) is 3. The summed E-state index contributed by atoms with van der Waals surface area (Å²) < 4.78 is 0. The Balaban J connectivity index is 4.12. The van der Waals surface area contributed by atoms with E-state index in [4.69, 9.17) is 10.9 Å². The topological polar surface area (TPSA) is 111 Å². The van der Waals surface area contributed by atoms with E-state index in [9.17, 15) is 9.81 Å². The van der Waals surface area contributed by atoms with Crippen LogP contribution in [0.2, 0.25) is 0 Å². The van der Waals surface area contributed by atoms with E-state index in [1.807, 2.05) is 6.92 Å². The molecule has 0 aromatic rings. The molecule has 0 bridgehead atoms. The Bertz CT molecular complexity index is 230. The smallest absolute Gasteiger partial charge is 0.363 e. The molecule has 14 heavy (non-hydrogen) atoms. The van der Waals surface area contributed by atoms with E-state index in [1.165, 1.54) is 0 Å². The van der Waals surface area contributed by atoms with Gasteiger partial charge in [-0.1, -0.05) is 19.8 Å². The Hall–Kier alpha value is -1.73. The lowest BCUT2D eigenvalue weighted by atomic mass is 10.2. The maximum Gasteiger partial charge on any atom is 0.391 e. The van der Waals surface area contributed by atoms with E-state index in [2.05, 4.69) is 10.4 Å². The van der Waals surface area contributed by atoms with Gasteiger partial charge >= 0.3 is 5.03 Å². The fourth-order valence-corrected chi connectivity index (χ4v) is 0.848. The Labute approximate surface area is 80.8 Å². The van der Waals surface area contributed by atoms with Crippen LogP contribution in [0.3, 0.4) is 0 Å². The average Bonchev–Trinajstić information content (AvgIpc) is 2.11. The second-order valence-electron chi connectivity index (χ2n) is 2.62. The van der Waals surface area contributed by atoms with Crippen molar-refractivity contribution < 1.29 is 10.2 Å². The SMILES string of the molecule is CCCCCN(N=O)/C(N)=N/[N+](=O)O. The molecular weight excluding hydrogens is 190 g/mol. The zero-order chi connectivity index (χ0) is 11.0. The number of hydrazone groups is 1. The number of nitroso groups, excluding NO2 is 1. The molecule has 3 N–H and O–H groups in total. The highest BCUT2D eigenvalue weighted by molar-refractivity contribution is 5.76. The molecular formula is C6H14N5O3+. The summed E-state index contributed by atoms with van der Waals surface area (Å²) in [6.07, 6.45) is 2.61. The Morgan fingerprint density at radius 1 is 1.57 bits per heavy atom. The van der Waals surface area contributed by atoms with Crippen LogP contribution >= 0.6 is 0 Å². The first-order chi connectivity index (χ1) is 6.61. The van der Waals surface area contributed by atoms with Crippen molar-refractivity contribution in [2.75, 3.05) is 6.54 Å². The molecule has 0 atom stereocenters. The molecule has 0 aromatic heterocycles. The molecule has 0 aromatic carbocycles. The van der Waals surface area contributed by atoms with E-state index in [-0.39, 0.29) is 6.54 Å². The molecule has 80 valence electrons. The van der Waals surface area contributed by atoms with Gasteiger partial charge in [0, 0.05) is 6.54 Å². The lowest BCUT2D eigenvalue weighted by Crippen LogP contribution is -2.34. The molecule has 0 unspecified atom stereocenters. The van der Waals surface area contributed by atoms with Crippen LogP contribution in [0.4, 0.5) is 0 Å². The summed E-state index contributed by atoms with van der Waals surface area (Å²) in [5.74, 6) is -0.423. The van der Waals surface area contributed by atoms with Gasteiger partial charge in [0.25, 0.3) is 5.96 Å². The van der Waals surface area contributed by atoms with Crippen LogP contribution < -0.4 is 5.73 Å². The van der Waals surface area contributed by atoms with Crippen molar-refractivity contribution in [3.63, 3.8) is 0 Å². The molecule has 0 spiro atoms. The minimum atomic E-state index is -0.715. The maximum atomic E-state index is 10.2. The van der Waals surface area contributed by atoms with Crippen LogP contribution in [-0.2, 0) is 0 Å². The number of rotatable bonds is 6. The van der Waals surface area contributed by atoms with Crippen molar-refractivity contribution >= 4 is 5.96 Å². The molecule has 0 fully saturated rings. The van der Waals surface area contributed by atoms with E-state index in [0.29, 0.717) is 6.42 Å². The van der Waals surface area contributed by atoms with Crippen molar-refractivity contribution in [3.05, 3.63) is 9.81 Å². The molecule has 0 aliphatic heterocycles. The van der Waals surface area contributed by atoms with Crippen molar-refractivity contribution in [3.8, 4) is 0 Å². The van der Waals surface area contributed by atoms with Gasteiger partial charge < -0.3 is 5.73 Å². The first-order valence-corrected chi connectivity index (χ1v) is 4.22. The standard InChI is InChI=1S/C6H14N5O3/c1-2-3-4-5-10(9-12)6(7)8-11(13)14/h2-5H2,1H3,(H2,7,8)(H,13,14)/q+1. The predicted octanol–water partition coefficient (Wildman–Crippen LogP) is 0.558. The lowest BCUT2D eigenvalue weighted by molar-refractivity contribution is -0.796. The maximum absolute atomic E-state index is 10.2. The first-order valence-electron chi connectivity index (χ1n) is 4.22. The molecule has 0 radical (unpaired) electrons. The molecule has 0 rings (SSSR count). The third-order valence-electron chi connectivity index (χ3n) is 1.52. The summed E-state index contributed by atoms with van der Waals surface area (Å²) >= 11 is 0. The van der Waals surface area contributed by atoms with Gasteiger partial charge in [0.1, 0.15) is 10.0 Å². The molecule has 0 aliphatic carbocycles. The lowest BCUT2D eigenvalue weighted by Gasteiger charge is -2.09. The second kappa shape index (κ2) is 6.75. The van der Waals surface area contributed by atoms with Gasteiger partial charge in [-0.15, -0.1) is 4.91 Å². The minimum Gasteiger partial charge on any atom is -0.363 e. The summed E-state index contributed by atoms with van der Waals surface area (Å²) in [5.41, 5.74) is 5.19. The Morgan fingerprint density at radius 3 is 2.64 bits per heavy atom. The van der Waals surface area contributed by atoms with Gasteiger partial charge in [-0.2, -0.15) is 5.01 Å². The van der Waals surface area contributed by atoms with Crippen LogP contribution in [0.5, 0.6) is 0 Å². The molecule has 8 heteroatoms. The third kappa shape index (κ3) is 5.01. The van der Waals surface area contributed by atoms with Crippen LogP contribution in [0.25, 0.3) is 0 Å². The van der Waals surface area contributed by atoms with E-state index in [0.717, 1.165) is 17.9 Å². The van der Waals surface area contributed by atoms with Crippen molar-refractivity contribution in [2.45, 2.75) is 26.2 Å². The summed E-state index contributed by atoms with van der Waals surface area (Å²) in [7, 11) is 0. The largest absolute Gasteiger partial charge is 0.391 e. The number of unbranched alkanes of at least 4 members (excludes halogenated alkanes) is 2. The molecule has 8 nitrogen and oxygen atoms in total. The second-order valence-corrected chi connectivity index (χ2v) is 2.62. The monoisotopic (exact) mass is 204 g/mol. The molecule has 0 amide bonds. The Kier molecular flexibility index (Phi) is 5.92. The van der Waals surface area contributed by atoms with Gasteiger partial charge in [0.15, 0.2) is 0 Å². The number of nitrogens with two attached hydrogens (primary N) is 1. The molecule has 0 aliphatic rings. The normalized spacial score (nSPS) is 11.1. The number of nitrogens with zero attached hydrogens (tertiary/aromatic N) is 4.